The Morgan fingerprint density at radius 2 is 2.11 bits per heavy atom. The van der Waals surface area contributed by atoms with Crippen LogP contribution in [0.5, 0.6) is 0 Å². The lowest BCUT2D eigenvalue weighted by atomic mass is 10.0. The summed E-state index contributed by atoms with van der Waals surface area (Å²) in [6.07, 6.45) is 3.28. The highest BCUT2D eigenvalue weighted by Gasteiger charge is 2.53. The number of aromatic nitrogens is 2. The number of hydrogen-bond acceptors (Lipinski definition) is 12. The average molecular weight is 579 g/mol. The summed E-state index contributed by atoms with van der Waals surface area (Å²) in [6.45, 7) is 0. The molecular weight excluding hydrogens is 556 g/mol. The van der Waals surface area contributed by atoms with Gasteiger partial charge in [-0.05, 0) is 5.57 Å². The SMILES string of the molecule is CO/N=C(\C(=O)N[C@@H]1C(=O)N2C(C(=O)[O-])=C(CSc3cc[n+](N(C)C(N)=O)cc3)CS[C@H]12)c1csc(N)n1. The number of urea groups is 1. The molecule has 0 radical (unpaired) electrons. The molecule has 2 aromatic heterocycles. The van der Waals surface area contributed by atoms with Gasteiger partial charge in [0.2, 0.25) is 12.4 Å². The monoisotopic (exact) mass is 578 g/mol. The molecule has 4 amide bonds. The topological polar surface area (TPSA) is 200 Å². The van der Waals surface area contributed by atoms with Crippen molar-refractivity contribution in [3.8, 4) is 0 Å². The van der Waals surface area contributed by atoms with Crippen LogP contribution in [0.3, 0.4) is 0 Å². The first-order valence-corrected chi connectivity index (χ1v) is 13.7. The van der Waals surface area contributed by atoms with Gasteiger partial charge in [-0.1, -0.05) is 14.8 Å². The molecule has 2 atom stereocenters. The van der Waals surface area contributed by atoms with E-state index in [0.29, 0.717) is 11.3 Å². The van der Waals surface area contributed by atoms with Gasteiger partial charge < -0.3 is 31.5 Å². The summed E-state index contributed by atoms with van der Waals surface area (Å²) in [5.74, 6) is -2.16. The van der Waals surface area contributed by atoms with Crippen LogP contribution in [0.25, 0.3) is 0 Å². The molecule has 0 saturated carbocycles. The molecule has 2 aromatic rings. The fourth-order valence-electron chi connectivity index (χ4n) is 3.67. The number of pyridine rings is 1. The van der Waals surface area contributed by atoms with Crippen LogP contribution >= 0.6 is 34.9 Å². The van der Waals surface area contributed by atoms with E-state index in [1.807, 2.05) is 0 Å². The van der Waals surface area contributed by atoms with Gasteiger partial charge in [0.1, 0.15) is 24.2 Å². The van der Waals surface area contributed by atoms with Crippen LogP contribution in [0.2, 0.25) is 0 Å². The van der Waals surface area contributed by atoms with E-state index in [0.717, 1.165) is 21.1 Å². The van der Waals surface area contributed by atoms with E-state index in [1.165, 1.54) is 52.7 Å². The second-order valence-electron chi connectivity index (χ2n) is 7.86. The zero-order chi connectivity index (χ0) is 27.6. The number of aliphatic carboxylic acids is 1. The molecule has 2 aliphatic rings. The summed E-state index contributed by atoms with van der Waals surface area (Å²) in [5, 5.41) is 20.7. The second-order valence-corrected chi connectivity index (χ2v) is 10.9. The van der Waals surface area contributed by atoms with E-state index in [4.69, 9.17) is 16.3 Å². The summed E-state index contributed by atoms with van der Waals surface area (Å²) in [5.41, 5.74) is 11.2. The van der Waals surface area contributed by atoms with Crippen molar-refractivity contribution in [2.45, 2.75) is 16.3 Å². The van der Waals surface area contributed by atoms with Crippen LogP contribution in [-0.4, -0.2) is 76.5 Å². The zero-order valence-electron chi connectivity index (χ0n) is 20.0. The quantitative estimate of drug-likeness (QED) is 0.100. The number of carbonyl (C=O) groups is 4. The summed E-state index contributed by atoms with van der Waals surface area (Å²) < 4.78 is 1.50. The third-order valence-electron chi connectivity index (χ3n) is 5.55. The van der Waals surface area contributed by atoms with Gasteiger partial charge in [-0.3, -0.25) is 14.5 Å². The minimum absolute atomic E-state index is 0.161. The zero-order valence-corrected chi connectivity index (χ0v) is 22.5. The maximum atomic E-state index is 13.0. The fraction of sp³-hybridized carbons (Fsp3) is 0.286. The number of thiazole rings is 1. The Bertz CT molecular complexity index is 1340. The molecule has 5 N–H and O–H groups in total. The summed E-state index contributed by atoms with van der Waals surface area (Å²) >= 11 is 3.80. The number of β-lactam (4-membered cyclic amide) rings is 1. The molecule has 0 unspecified atom stereocenters. The van der Waals surface area contributed by atoms with Gasteiger partial charge >= 0.3 is 6.03 Å². The van der Waals surface area contributed by atoms with Gasteiger partial charge in [0, 0.05) is 33.9 Å². The number of carboxylic acids is 1. The normalized spacial score (nSPS) is 18.9. The number of nitrogen functional groups attached to an aromatic ring is 1. The second kappa shape index (κ2) is 11.3. The first-order chi connectivity index (χ1) is 18.1. The number of primary amides is 1. The molecule has 38 heavy (non-hydrogen) atoms. The van der Waals surface area contributed by atoms with Crippen LogP contribution in [0.15, 0.2) is 51.2 Å². The number of nitrogens with two attached hydrogens (primary N) is 2. The lowest BCUT2D eigenvalue weighted by Crippen LogP contribution is -2.71. The molecule has 0 spiro atoms. The van der Waals surface area contributed by atoms with E-state index in [9.17, 15) is 24.3 Å². The number of nitrogens with one attached hydrogen (secondary N) is 1. The van der Waals surface area contributed by atoms with E-state index < -0.39 is 35.2 Å². The standard InChI is InChI=1S/C21H22N8O6S3/c1-27(21(23)34)28-5-3-11(4-6-28)36-7-10-8-37-18-14(17(31)29(18)15(10)19(32)33)25-16(30)13(26-35-2)12-9-38-20(22)24-12/h3-6,9,14,18H,7-8H2,1-2H3,(H5-,22,23,24,25,30,32,33,34)/b26-13-/t14-,18-/m1/s1. The van der Waals surface area contributed by atoms with Crippen molar-refractivity contribution in [2.24, 2.45) is 10.9 Å². The number of fused-ring (bicyclic) bond motifs is 1. The number of carboxylic acid groups (broad SMARTS) is 1. The molecule has 1 saturated heterocycles. The van der Waals surface area contributed by atoms with Crippen LogP contribution in [0, 0.1) is 0 Å². The maximum Gasteiger partial charge on any atom is 0.367 e. The van der Waals surface area contributed by atoms with E-state index in [2.05, 4.69) is 15.5 Å². The number of anilines is 1. The van der Waals surface area contributed by atoms with Gasteiger partial charge in [0.25, 0.3) is 11.8 Å². The van der Waals surface area contributed by atoms with Crippen LogP contribution in [0.4, 0.5) is 9.93 Å². The lowest BCUT2D eigenvalue weighted by Gasteiger charge is -2.50. The smallest absolute Gasteiger partial charge is 0.367 e. The largest absolute Gasteiger partial charge is 0.543 e. The van der Waals surface area contributed by atoms with Gasteiger partial charge in [-0.15, -0.1) is 34.9 Å². The first kappa shape index (κ1) is 27.2. The van der Waals surface area contributed by atoms with Crippen molar-refractivity contribution in [3.63, 3.8) is 0 Å². The highest BCUT2D eigenvalue weighted by molar-refractivity contribution is 8.01. The fourth-order valence-corrected chi connectivity index (χ4v) is 6.59. The van der Waals surface area contributed by atoms with Gasteiger partial charge in [0.15, 0.2) is 10.8 Å². The molecule has 0 aromatic carbocycles. The van der Waals surface area contributed by atoms with Crippen molar-refractivity contribution in [3.05, 3.63) is 46.9 Å². The Kier molecular flexibility index (Phi) is 8.08. The molecule has 14 nitrogen and oxygen atoms in total. The average Bonchev–Trinajstić information content (AvgIpc) is 3.33. The highest BCUT2D eigenvalue weighted by Crippen LogP contribution is 2.41. The highest BCUT2D eigenvalue weighted by atomic mass is 32.2. The first-order valence-electron chi connectivity index (χ1n) is 10.8. The molecule has 4 rings (SSSR count). The molecule has 0 bridgehead atoms. The third kappa shape index (κ3) is 5.39. The van der Waals surface area contributed by atoms with E-state index in [1.54, 1.807) is 24.5 Å². The Morgan fingerprint density at radius 3 is 2.68 bits per heavy atom. The third-order valence-corrected chi connectivity index (χ3v) is 8.66. The molecule has 200 valence electrons. The summed E-state index contributed by atoms with van der Waals surface area (Å²) in [7, 11) is 2.78. The Balaban J connectivity index is 1.45. The predicted octanol–water partition coefficient (Wildman–Crippen LogP) is -1.79. The molecule has 1 fully saturated rings. The molecule has 17 heteroatoms. The van der Waals surface area contributed by atoms with Gasteiger partial charge in [0.05, 0.1) is 18.7 Å². The van der Waals surface area contributed by atoms with Crippen molar-refractivity contribution in [1.29, 1.82) is 0 Å². The number of hydrogen-bond donors (Lipinski definition) is 3. The maximum absolute atomic E-state index is 13.0. The molecule has 4 heterocycles. The van der Waals surface area contributed by atoms with Crippen molar-refractivity contribution >= 4 is 69.5 Å². The van der Waals surface area contributed by atoms with Gasteiger partial charge in [-0.25, -0.2) is 9.78 Å². The van der Waals surface area contributed by atoms with Gasteiger partial charge in [-0.2, -0.15) is 0 Å². The summed E-state index contributed by atoms with van der Waals surface area (Å²) in [4.78, 5) is 59.8. The van der Waals surface area contributed by atoms with Crippen LogP contribution in [-0.2, 0) is 19.2 Å². The van der Waals surface area contributed by atoms with E-state index >= 15 is 0 Å². The van der Waals surface area contributed by atoms with E-state index in [-0.39, 0.29) is 28.0 Å². The number of amides is 4. The molecule has 0 aliphatic carbocycles. The number of oxime groups is 1. The van der Waals surface area contributed by atoms with Crippen molar-refractivity contribution in [1.82, 2.24) is 15.2 Å². The van der Waals surface area contributed by atoms with Crippen molar-refractivity contribution in [2.75, 3.05) is 36.4 Å². The number of rotatable bonds is 9. The number of thioether (sulfide) groups is 2. The number of nitrogens with zero attached hydrogens (tertiary/aromatic N) is 5. The minimum Gasteiger partial charge on any atom is -0.543 e. The van der Waals surface area contributed by atoms with Crippen molar-refractivity contribution < 1.29 is 33.8 Å². The Morgan fingerprint density at radius 1 is 1.39 bits per heavy atom. The van der Waals surface area contributed by atoms with Crippen LogP contribution < -0.4 is 31.6 Å². The Labute approximate surface area is 228 Å². The lowest BCUT2D eigenvalue weighted by molar-refractivity contribution is -0.679. The van der Waals surface area contributed by atoms with Crippen LogP contribution in [0.1, 0.15) is 5.69 Å². The summed E-state index contributed by atoms with van der Waals surface area (Å²) in [6, 6.07) is 1.90. The Hall–Kier alpha value is -3.83. The predicted molar refractivity (Wildman–Crippen MR) is 138 cm³/mol. The molecular formula is C21H22N8O6S3. The minimum atomic E-state index is -1.47. The molecule has 2 aliphatic heterocycles. The number of carbonyl (C=O) groups excluding carboxylic acids is 4.